The van der Waals surface area contributed by atoms with Gasteiger partial charge in [-0.3, -0.25) is 9.59 Å². The van der Waals surface area contributed by atoms with Crippen molar-refractivity contribution in [3.05, 3.63) is 65.2 Å². The predicted octanol–water partition coefficient (Wildman–Crippen LogP) is 2.86. The van der Waals surface area contributed by atoms with E-state index < -0.39 is 5.97 Å². The molecule has 0 atom stereocenters. The van der Waals surface area contributed by atoms with Gasteiger partial charge in [0.05, 0.1) is 17.0 Å². The van der Waals surface area contributed by atoms with Gasteiger partial charge in [-0.05, 0) is 53.1 Å². The van der Waals surface area contributed by atoms with Gasteiger partial charge in [-0.25, -0.2) is 4.79 Å². The van der Waals surface area contributed by atoms with Crippen LogP contribution in [0.15, 0.2) is 53.7 Å². The van der Waals surface area contributed by atoms with E-state index in [1.165, 1.54) is 28.6 Å². The van der Waals surface area contributed by atoms with E-state index in [0.717, 1.165) is 18.4 Å². The number of benzene rings is 2. The van der Waals surface area contributed by atoms with E-state index in [0.29, 0.717) is 22.8 Å². The summed E-state index contributed by atoms with van der Waals surface area (Å²) in [6.07, 6.45) is 2.41. The van der Waals surface area contributed by atoms with Crippen molar-refractivity contribution >= 4 is 29.3 Å². The summed E-state index contributed by atoms with van der Waals surface area (Å²) in [7, 11) is 0. The van der Waals surface area contributed by atoms with Gasteiger partial charge in [0.15, 0.2) is 5.78 Å². The molecule has 1 N–H and O–H groups in total. The zero-order valence-corrected chi connectivity index (χ0v) is 16.7. The first-order valence-corrected chi connectivity index (χ1v) is 10.4. The SMILES string of the molecule is O=C(O)c1ccc(-n2nnnc2SCC(=O)c2ccc(CC(=O)C3CC3)cc2)cc1. The van der Waals surface area contributed by atoms with E-state index in [2.05, 4.69) is 15.5 Å². The lowest BCUT2D eigenvalue weighted by Gasteiger charge is -2.05. The van der Waals surface area contributed by atoms with Crippen molar-refractivity contribution in [2.75, 3.05) is 5.75 Å². The highest BCUT2D eigenvalue weighted by molar-refractivity contribution is 7.99. The Balaban J connectivity index is 1.38. The van der Waals surface area contributed by atoms with Crippen molar-refractivity contribution in [1.82, 2.24) is 20.2 Å². The highest BCUT2D eigenvalue weighted by Crippen LogP contribution is 2.31. The Hall–Kier alpha value is -3.33. The average Bonchev–Trinajstić information content (AvgIpc) is 3.51. The highest BCUT2D eigenvalue weighted by atomic mass is 32.2. The Bertz CT molecular complexity index is 1090. The Morgan fingerprint density at radius 3 is 2.30 bits per heavy atom. The first kappa shape index (κ1) is 20.0. The fraction of sp³-hybridized carbons (Fsp3) is 0.238. The topological polar surface area (TPSA) is 115 Å². The van der Waals surface area contributed by atoms with Gasteiger partial charge in [0.25, 0.3) is 0 Å². The molecular weight excluding hydrogens is 404 g/mol. The molecule has 1 aliphatic rings. The van der Waals surface area contributed by atoms with Crippen molar-refractivity contribution in [2.45, 2.75) is 24.4 Å². The van der Waals surface area contributed by atoms with Crippen molar-refractivity contribution in [3.63, 3.8) is 0 Å². The third kappa shape index (κ3) is 4.62. The Labute approximate surface area is 176 Å². The lowest BCUT2D eigenvalue weighted by atomic mass is 10.0. The third-order valence-corrected chi connectivity index (χ3v) is 5.74. The van der Waals surface area contributed by atoms with Gasteiger partial charge in [-0.1, -0.05) is 36.0 Å². The molecule has 152 valence electrons. The number of Topliss-reactive ketones (excluding diaryl/α,β-unsaturated/α-hetero) is 2. The van der Waals surface area contributed by atoms with E-state index in [9.17, 15) is 14.4 Å². The number of tetrazole rings is 1. The molecule has 2 aromatic carbocycles. The minimum atomic E-state index is -1.01. The van der Waals surface area contributed by atoms with Crippen LogP contribution in [0.25, 0.3) is 5.69 Å². The minimum Gasteiger partial charge on any atom is -0.478 e. The normalized spacial score (nSPS) is 13.2. The number of rotatable bonds is 9. The maximum absolute atomic E-state index is 12.5. The largest absolute Gasteiger partial charge is 0.478 e. The van der Waals surface area contributed by atoms with E-state index in [-0.39, 0.29) is 28.8 Å². The number of ketones is 2. The molecule has 9 heteroatoms. The van der Waals surface area contributed by atoms with Crippen LogP contribution in [-0.2, 0) is 11.2 Å². The summed E-state index contributed by atoms with van der Waals surface area (Å²) < 4.78 is 1.45. The van der Waals surface area contributed by atoms with Crippen LogP contribution in [0.5, 0.6) is 0 Å². The summed E-state index contributed by atoms with van der Waals surface area (Å²) in [5, 5.41) is 20.9. The molecule has 0 bridgehead atoms. The first-order chi connectivity index (χ1) is 14.5. The number of aromatic nitrogens is 4. The minimum absolute atomic E-state index is 0.0733. The number of carboxylic acid groups (broad SMARTS) is 1. The molecule has 0 unspecified atom stereocenters. The Morgan fingerprint density at radius 1 is 1.00 bits per heavy atom. The Morgan fingerprint density at radius 2 is 1.67 bits per heavy atom. The van der Waals surface area contributed by atoms with Crippen LogP contribution in [0.1, 0.15) is 39.1 Å². The number of thioether (sulfide) groups is 1. The highest BCUT2D eigenvalue weighted by Gasteiger charge is 2.29. The first-order valence-electron chi connectivity index (χ1n) is 9.41. The molecule has 3 aromatic rings. The molecule has 1 heterocycles. The molecule has 4 rings (SSSR count). The second-order valence-corrected chi connectivity index (χ2v) is 7.99. The van der Waals surface area contributed by atoms with E-state index in [1.807, 2.05) is 12.1 Å². The van der Waals surface area contributed by atoms with E-state index in [1.54, 1.807) is 24.3 Å². The molecule has 1 saturated carbocycles. The van der Waals surface area contributed by atoms with Crippen molar-refractivity contribution in [3.8, 4) is 5.69 Å². The second-order valence-electron chi connectivity index (χ2n) is 7.05. The van der Waals surface area contributed by atoms with Crippen LogP contribution in [0.3, 0.4) is 0 Å². The average molecular weight is 422 g/mol. The number of carbonyl (C=O) groups is 3. The van der Waals surface area contributed by atoms with Gasteiger partial charge >= 0.3 is 5.97 Å². The standard InChI is InChI=1S/C21H18N4O4S/c26-18(14-5-6-14)11-13-1-3-15(4-2-13)19(27)12-30-21-22-23-24-25(21)17-9-7-16(8-10-17)20(28)29/h1-4,7-10,14H,5-6,11-12H2,(H,28,29). The second kappa shape index (κ2) is 8.58. The maximum atomic E-state index is 12.5. The third-order valence-electron chi connectivity index (χ3n) is 4.82. The van der Waals surface area contributed by atoms with E-state index in [4.69, 9.17) is 5.11 Å². The molecule has 0 amide bonds. The fourth-order valence-corrected chi connectivity index (χ4v) is 3.73. The summed E-state index contributed by atoms with van der Waals surface area (Å²) in [4.78, 5) is 35.4. The molecule has 0 saturated heterocycles. The van der Waals surface area contributed by atoms with Crippen LogP contribution in [-0.4, -0.2) is 48.6 Å². The van der Waals surface area contributed by atoms with Crippen LogP contribution in [0.2, 0.25) is 0 Å². The van der Waals surface area contributed by atoms with Gasteiger partial charge in [0, 0.05) is 17.9 Å². The number of hydrogen-bond donors (Lipinski definition) is 1. The zero-order chi connectivity index (χ0) is 21.1. The number of carboxylic acids is 1. The number of hydrogen-bond acceptors (Lipinski definition) is 7. The van der Waals surface area contributed by atoms with Crippen molar-refractivity contribution in [1.29, 1.82) is 0 Å². The van der Waals surface area contributed by atoms with Gasteiger partial charge in [-0.15, -0.1) is 5.10 Å². The maximum Gasteiger partial charge on any atom is 0.335 e. The van der Waals surface area contributed by atoms with Crippen LogP contribution >= 0.6 is 11.8 Å². The molecule has 30 heavy (non-hydrogen) atoms. The summed E-state index contributed by atoms with van der Waals surface area (Å²) >= 11 is 1.20. The van der Waals surface area contributed by atoms with Crippen LogP contribution in [0, 0.1) is 5.92 Å². The predicted molar refractivity (Wildman–Crippen MR) is 109 cm³/mol. The number of nitrogens with zero attached hydrogens (tertiary/aromatic N) is 4. The van der Waals surface area contributed by atoms with Crippen LogP contribution < -0.4 is 0 Å². The van der Waals surface area contributed by atoms with Gasteiger partial charge in [0.2, 0.25) is 5.16 Å². The molecular formula is C21H18N4O4S. The number of aromatic carboxylic acids is 1. The number of carbonyl (C=O) groups excluding carboxylic acids is 2. The quantitative estimate of drug-likeness (QED) is 0.413. The summed E-state index contributed by atoms with van der Waals surface area (Å²) in [5.41, 5.74) is 2.25. The smallest absolute Gasteiger partial charge is 0.335 e. The Kier molecular flexibility index (Phi) is 5.71. The van der Waals surface area contributed by atoms with Gasteiger partial charge in [0.1, 0.15) is 5.78 Å². The van der Waals surface area contributed by atoms with Crippen molar-refractivity contribution in [2.24, 2.45) is 5.92 Å². The zero-order valence-electron chi connectivity index (χ0n) is 15.9. The van der Waals surface area contributed by atoms with E-state index >= 15 is 0 Å². The monoisotopic (exact) mass is 422 g/mol. The molecule has 1 fully saturated rings. The molecule has 8 nitrogen and oxygen atoms in total. The lowest BCUT2D eigenvalue weighted by molar-refractivity contribution is -0.119. The molecule has 0 aliphatic heterocycles. The van der Waals surface area contributed by atoms with Crippen LogP contribution in [0.4, 0.5) is 0 Å². The molecule has 1 aliphatic carbocycles. The summed E-state index contributed by atoms with van der Waals surface area (Å²) in [6, 6.07) is 13.3. The fourth-order valence-electron chi connectivity index (χ4n) is 2.95. The van der Waals surface area contributed by atoms with Gasteiger partial charge in [-0.2, -0.15) is 4.68 Å². The summed E-state index contributed by atoms with van der Waals surface area (Å²) in [5.74, 6) is -0.437. The summed E-state index contributed by atoms with van der Waals surface area (Å²) in [6.45, 7) is 0. The molecule has 1 aromatic heterocycles. The van der Waals surface area contributed by atoms with Crippen molar-refractivity contribution < 1.29 is 19.5 Å². The molecule has 0 radical (unpaired) electrons. The van der Waals surface area contributed by atoms with Gasteiger partial charge < -0.3 is 5.11 Å². The molecule has 0 spiro atoms. The lowest BCUT2D eigenvalue weighted by Crippen LogP contribution is -2.07.